The third kappa shape index (κ3) is 2.75. The highest BCUT2D eigenvalue weighted by Crippen LogP contribution is 2.31. The fourth-order valence-corrected chi connectivity index (χ4v) is 3.42. The van der Waals surface area contributed by atoms with E-state index >= 15 is 0 Å². The topological polar surface area (TPSA) is 53.1 Å². The summed E-state index contributed by atoms with van der Waals surface area (Å²) in [4.78, 5) is 6.78. The molecule has 3 heterocycles. The molecule has 5 heteroatoms. The molecule has 0 radical (unpaired) electrons. The van der Waals surface area contributed by atoms with Crippen LogP contribution >= 0.6 is 11.8 Å². The van der Waals surface area contributed by atoms with Crippen LogP contribution in [0.1, 0.15) is 18.6 Å². The summed E-state index contributed by atoms with van der Waals surface area (Å²) < 4.78 is 5.34. The Labute approximate surface area is 116 Å². The van der Waals surface area contributed by atoms with Crippen LogP contribution in [0, 0.1) is 11.3 Å². The number of furan rings is 1. The number of hydrogen-bond acceptors (Lipinski definition) is 5. The van der Waals surface area contributed by atoms with Crippen LogP contribution in [0.15, 0.2) is 27.8 Å². The molecule has 4 nitrogen and oxygen atoms in total. The first-order chi connectivity index (χ1) is 9.24. The van der Waals surface area contributed by atoms with Gasteiger partial charge in [-0.05, 0) is 39.0 Å². The molecule has 0 atom stereocenters. The van der Waals surface area contributed by atoms with Crippen LogP contribution in [0.5, 0.6) is 0 Å². The van der Waals surface area contributed by atoms with Crippen LogP contribution in [0.25, 0.3) is 11.0 Å². The van der Waals surface area contributed by atoms with Gasteiger partial charge in [0.2, 0.25) is 5.76 Å². The predicted molar refractivity (Wildman–Crippen MR) is 75.1 cm³/mol. The SMILES string of the molecule is CN1CCC(Sc2cc3cc(C#N)oc3cn2)CC1. The van der Waals surface area contributed by atoms with Crippen molar-refractivity contribution >= 4 is 22.7 Å². The van der Waals surface area contributed by atoms with Crippen LogP contribution in [-0.4, -0.2) is 35.3 Å². The van der Waals surface area contributed by atoms with Crippen LogP contribution in [0.2, 0.25) is 0 Å². The molecule has 2 aromatic heterocycles. The molecule has 0 bridgehead atoms. The van der Waals surface area contributed by atoms with Gasteiger partial charge in [-0.1, -0.05) is 0 Å². The Morgan fingerprint density at radius 3 is 2.95 bits per heavy atom. The second kappa shape index (κ2) is 5.24. The monoisotopic (exact) mass is 273 g/mol. The van der Waals surface area contributed by atoms with Crippen LogP contribution < -0.4 is 0 Å². The van der Waals surface area contributed by atoms with Crippen molar-refractivity contribution in [1.29, 1.82) is 5.26 Å². The highest BCUT2D eigenvalue weighted by molar-refractivity contribution is 7.99. The fraction of sp³-hybridized carbons (Fsp3) is 0.429. The summed E-state index contributed by atoms with van der Waals surface area (Å²) in [6.07, 6.45) is 4.12. The van der Waals surface area contributed by atoms with E-state index in [4.69, 9.17) is 9.68 Å². The van der Waals surface area contributed by atoms with Crippen molar-refractivity contribution in [2.24, 2.45) is 0 Å². The molecular weight excluding hydrogens is 258 g/mol. The number of nitriles is 1. The highest BCUT2D eigenvalue weighted by atomic mass is 32.2. The summed E-state index contributed by atoms with van der Waals surface area (Å²) in [6.45, 7) is 2.31. The van der Waals surface area contributed by atoms with E-state index in [1.54, 1.807) is 12.3 Å². The quantitative estimate of drug-likeness (QED) is 0.842. The molecule has 19 heavy (non-hydrogen) atoms. The summed E-state index contributed by atoms with van der Waals surface area (Å²) in [7, 11) is 2.17. The molecular formula is C14H15N3OS. The second-order valence-electron chi connectivity index (χ2n) is 4.90. The van der Waals surface area contributed by atoms with Crippen molar-refractivity contribution in [3.05, 3.63) is 24.1 Å². The van der Waals surface area contributed by atoms with E-state index in [2.05, 4.69) is 16.9 Å². The number of thioether (sulfide) groups is 1. The zero-order valence-electron chi connectivity index (χ0n) is 10.8. The van der Waals surface area contributed by atoms with Gasteiger partial charge in [-0.3, -0.25) is 0 Å². The smallest absolute Gasteiger partial charge is 0.204 e. The highest BCUT2D eigenvalue weighted by Gasteiger charge is 2.18. The maximum atomic E-state index is 8.82. The van der Waals surface area contributed by atoms with Gasteiger partial charge in [0, 0.05) is 16.7 Å². The minimum Gasteiger partial charge on any atom is -0.444 e. The summed E-state index contributed by atoms with van der Waals surface area (Å²) in [5, 5.41) is 11.4. The molecule has 98 valence electrons. The van der Waals surface area contributed by atoms with Crippen molar-refractivity contribution in [2.45, 2.75) is 23.1 Å². The summed E-state index contributed by atoms with van der Waals surface area (Å²) in [6, 6.07) is 5.81. The normalized spacial score (nSPS) is 17.7. The van der Waals surface area contributed by atoms with Crippen LogP contribution in [-0.2, 0) is 0 Å². The molecule has 3 rings (SSSR count). The largest absolute Gasteiger partial charge is 0.444 e. The van der Waals surface area contributed by atoms with E-state index in [9.17, 15) is 0 Å². The molecule has 0 N–H and O–H groups in total. The van der Waals surface area contributed by atoms with Gasteiger partial charge in [-0.2, -0.15) is 5.26 Å². The van der Waals surface area contributed by atoms with E-state index in [1.165, 1.54) is 12.8 Å². The van der Waals surface area contributed by atoms with E-state index in [0.29, 0.717) is 16.6 Å². The lowest BCUT2D eigenvalue weighted by atomic mass is 10.1. The van der Waals surface area contributed by atoms with Crippen LogP contribution in [0.3, 0.4) is 0 Å². The molecule has 1 fully saturated rings. The average Bonchev–Trinajstić information content (AvgIpc) is 2.83. The molecule has 1 aliphatic heterocycles. The van der Waals surface area contributed by atoms with Gasteiger partial charge < -0.3 is 9.32 Å². The molecule has 0 aromatic carbocycles. The van der Waals surface area contributed by atoms with Gasteiger partial charge in [-0.15, -0.1) is 11.8 Å². The Bertz CT molecular complexity index is 623. The maximum absolute atomic E-state index is 8.82. The van der Waals surface area contributed by atoms with Gasteiger partial charge in [0.05, 0.1) is 11.2 Å². The number of hydrogen-bond donors (Lipinski definition) is 0. The third-order valence-corrected chi connectivity index (χ3v) is 4.71. The van der Waals surface area contributed by atoms with E-state index in [0.717, 1.165) is 23.5 Å². The summed E-state index contributed by atoms with van der Waals surface area (Å²) >= 11 is 1.84. The number of rotatable bonds is 2. The number of aromatic nitrogens is 1. The van der Waals surface area contributed by atoms with Crippen molar-refractivity contribution in [3.63, 3.8) is 0 Å². The first kappa shape index (κ1) is 12.5. The number of pyridine rings is 1. The molecule has 1 aliphatic rings. The Balaban J connectivity index is 1.76. The van der Waals surface area contributed by atoms with Gasteiger partial charge in [0.25, 0.3) is 0 Å². The molecule has 0 amide bonds. The second-order valence-corrected chi connectivity index (χ2v) is 6.22. The lowest BCUT2D eigenvalue weighted by Gasteiger charge is -2.28. The van der Waals surface area contributed by atoms with Crippen LogP contribution in [0.4, 0.5) is 0 Å². The third-order valence-electron chi connectivity index (χ3n) is 3.44. The minimum atomic E-state index is 0.346. The zero-order chi connectivity index (χ0) is 13.2. The first-order valence-corrected chi connectivity index (χ1v) is 7.27. The summed E-state index contributed by atoms with van der Waals surface area (Å²) in [5.74, 6) is 0.346. The number of nitrogens with zero attached hydrogens (tertiary/aromatic N) is 3. The van der Waals surface area contributed by atoms with Gasteiger partial charge in [0.15, 0.2) is 5.58 Å². The molecule has 1 saturated heterocycles. The average molecular weight is 273 g/mol. The number of piperidine rings is 1. The molecule has 0 unspecified atom stereocenters. The zero-order valence-corrected chi connectivity index (χ0v) is 11.6. The molecule has 0 spiro atoms. The van der Waals surface area contributed by atoms with E-state index in [-0.39, 0.29) is 0 Å². The van der Waals surface area contributed by atoms with E-state index in [1.807, 2.05) is 23.9 Å². The maximum Gasteiger partial charge on any atom is 0.204 e. The Morgan fingerprint density at radius 1 is 1.42 bits per heavy atom. The summed E-state index contributed by atoms with van der Waals surface area (Å²) in [5.41, 5.74) is 0.685. The minimum absolute atomic E-state index is 0.346. The van der Waals surface area contributed by atoms with Crippen molar-refractivity contribution in [1.82, 2.24) is 9.88 Å². The predicted octanol–water partition coefficient (Wildman–Crippen LogP) is 2.89. The van der Waals surface area contributed by atoms with Crippen molar-refractivity contribution < 1.29 is 4.42 Å². The van der Waals surface area contributed by atoms with E-state index < -0.39 is 0 Å². The van der Waals surface area contributed by atoms with Gasteiger partial charge in [0.1, 0.15) is 6.07 Å². The number of likely N-dealkylation sites (tertiary alicyclic amines) is 1. The molecule has 0 saturated carbocycles. The lowest BCUT2D eigenvalue weighted by molar-refractivity contribution is 0.282. The molecule has 0 aliphatic carbocycles. The molecule has 2 aromatic rings. The van der Waals surface area contributed by atoms with Crippen molar-refractivity contribution in [2.75, 3.05) is 20.1 Å². The number of fused-ring (bicyclic) bond motifs is 1. The standard InChI is InChI=1S/C14H15N3OS/c1-17-4-2-12(3-5-17)19-14-7-10-6-11(8-15)18-13(10)9-16-14/h6-7,9,12H,2-5H2,1H3. The van der Waals surface area contributed by atoms with Gasteiger partial charge in [-0.25, -0.2) is 4.98 Å². The first-order valence-electron chi connectivity index (χ1n) is 6.39. The van der Waals surface area contributed by atoms with Crippen molar-refractivity contribution in [3.8, 4) is 6.07 Å². The Kier molecular flexibility index (Phi) is 3.45. The lowest BCUT2D eigenvalue weighted by Crippen LogP contribution is -2.31. The fourth-order valence-electron chi connectivity index (χ4n) is 2.32. The Morgan fingerprint density at radius 2 is 2.21 bits per heavy atom. The van der Waals surface area contributed by atoms with Gasteiger partial charge >= 0.3 is 0 Å². The Hall–Kier alpha value is -1.51.